The predicted octanol–water partition coefficient (Wildman–Crippen LogP) is 1.58. The largest absolute Gasteiger partial charge is 0.476 e. The van der Waals surface area contributed by atoms with Gasteiger partial charge in [-0.15, -0.1) is 0 Å². The van der Waals surface area contributed by atoms with E-state index >= 15 is 0 Å². The van der Waals surface area contributed by atoms with Crippen molar-refractivity contribution in [3.8, 4) is 5.88 Å². The lowest BCUT2D eigenvalue weighted by molar-refractivity contribution is 0.311. The van der Waals surface area contributed by atoms with Crippen molar-refractivity contribution in [2.75, 3.05) is 18.5 Å². The third-order valence-electron chi connectivity index (χ3n) is 1.86. The van der Waals surface area contributed by atoms with Crippen molar-refractivity contribution in [1.29, 1.82) is 0 Å². The molecule has 1 aromatic heterocycles. The lowest BCUT2D eigenvalue weighted by Gasteiger charge is -2.05. The second-order valence-electron chi connectivity index (χ2n) is 2.99. The molecule has 1 aliphatic rings. The van der Waals surface area contributed by atoms with E-state index in [2.05, 4.69) is 16.4 Å². The molecule has 3 nitrogen and oxygen atoms in total. The molecule has 0 aromatic carbocycles. The van der Waals surface area contributed by atoms with Crippen LogP contribution in [-0.2, 0) is 0 Å². The number of nitrogens with one attached hydrogen (secondary N) is 1. The first kappa shape index (κ1) is 7.40. The summed E-state index contributed by atoms with van der Waals surface area (Å²) >= 11 is 0. The van der Waals surface area contributed by atoms with Gasteiger partial charge in [-0.25, -0.2) is 4.98 Å². The monoisotopic (exact) mass is 164 g/mol. The van der Waals surface area contributed by atoms with E-state index in [0.29, 0.717) is 0 Å². The third-order valence-corrected chi connectivity index (χ3v) is 1.86. The molecule has 0 saturated heterocycles. The molecule has 0 saturated carbocycles. The standard InChI is InChI=1S/C9H12N2O/c1-7-5-8-9(11-6-7)12-4-2-3-10-8/h5-6,10H,2-4H2,1H3. The van der Waals surface area contributed by atoms with Crippen LogP contribution in [0.25, 0.3) is 0 Å². The van der Waals surface area contributed by atoms with Gasteiger partial charge in [0.05, 0.1) is 12.3 Å². The second kappa shape index (κ2) is 3.01. The van der Waals surface area contributed by atoms with Gasteiger partial charge in [-0.1, -0.05) is 0 Å². The van der Waals surface area contributed by atoms with E-state index in [1.165, 1.54) is 0 Å². The number of pyridine rings is 1. The Morgan fingerprint density at radius 1 is 1.58 bits per heavy atom. The minimum atomic E-state index is 0.734. The quantitative estimate of drug-likeness (QED) is 0.632. The molecule has 0 fully saturated rings. The number of rotatable bonds is 0. The van der Waals surface area contributed by atoms with Crippen molar-refractivity contribution in [3.05, 3.63) is 17.8 Å². The average molecular weight is 164 g/mol. The zero-order valence-corrected chi connectivity index (χ0v) is 7.13. The molecule has 3 heteroatoms. The minimum absolute atomic E-state index is 0.734. The second-order valence-corrected chi connectivity index (χ2v) is 2.99. The van der Waals surface area contributed by atoms with Gasteiger partial charge in [0.25, 0.3) is 0 Å². The van der Waals surface area contributed by atoms with Gasteiger partial charge in [0, 0.05) is 12.7 Å². The zero-order chi connectivity index (χ0) is 8.39. The molecule has 64 valence electrons. The van der Waals surface area contributed by atoms with Crippen LogP contribution in [0.5, 0.6) is 5.88 Å². The Balaban J connectivity index is 2.36. The normalized spacial score (nSPS) is 15.4. The number of aromatic nitrogens is 1. The van der Waals surface area contributed by atoms with Crippen LogP contribution in [0.4, 0.5) is 5.69 Å². The highest BCUT2D eigenvalue weighted by Crippen LogP contribution is 2.24. The van der Waals surface area contributed by atoms with E-state index < -0.39 is 0 Å². The molecule has 0 atom stereocenters. The summed E-state index contributed by atoms with van der Waals surface area (Å²) in [4.78, 5) is 4.19. The van der Waals surface area contributed by atoms with Crippen LogP contribution < -0.4 is 10.1 Å². The van der Waals surface area contributed by atoms with Crippen LogP contribution in [0.2, 0.25) is 0 Å². The predicted molar refractivity (Wildman–Crippen MR) is 47.6 cm³/mol. The fourth-order valence-corrected chi connectivity index (χ4v) is 1.26. The zero-order valence-electron chi connectivity index (χ0n) is 7.13. The van der Waals surface area contributed by atoms with Crippen LogP contribution in [0.3, 0.4) is 0 Å². The molecular formula is C9H12N2O. The summed E-state index contributed by atoms with van der Waals surface area (Å²) in [5, 5.41) is 3.28. The maximum Gasteiger partial charge on any atom is 0.237 e. The Morgan fingerprint density at radius 3 is 3.42 bits per heavy atom. The fourth-order valence-electron chi connectivity index (χ4n) is 1.26. The summed E-state index contributed by atoms with van der Waals surface area (Å²) < 4.78 is 5.43. The van der Waals surface area contributed by atoms with Gasteiger partial charge in [-0.3, -0.25) is 0 Å². The summed E-state index contributed by atoms with van der Waals surface area (Å²) in [7, 11) is 0. The summed E-state index contributed by atoms with van der Waals surface area (Å²) in [6.07, 6.45) is 2.86. The van der Waals surface area contributed by atoms with Gasteiger partial charge in [0.1, 0.15) is 0 Å². The van der Waals surface area contributed by atoms with Crippen LogP contribution in [-0.4, -0.2) is 18.1 Å². The van der Waals surface area contributed by atoms with Crippen molar-refractivity contribution < 1.29 is 4.74 Å². The van der Waals surface area contributed by atoms with Crippen molar-refractivity contribution in [1.82, 2.24) is 4.98 Å². The number of hydrogen-bond donors (Lipinski definition) is 1. The number of anilines is 1. The molecule has 1 aliphatic heterocycles. The van der Waals surface area contributed by atoms with E-state index in [1.807, 2.05) is 13.1 Å². The Morgan fingerprint density at radius 2 is 2.50 bits per heavy atom. The molecular weight excluding hydrogens is 152 g/mol. The van der Waals surface area contributed by atoms with E-state index in [1.54, 1.807) is 0 Å². The molecule has 0 amide bonds. The molecule has 1 aromatic rings. The number of hydrogen-bond acceptors (Lipinski definition) is 3. The first-order chi connectivity index (χ1) is 5.86. The Labute approximate surface area is 71.8 Å². The summed E-state index contributed by atoms with van der Waals surface area (Å²) in [6, 6.07) is 2.06. The topological polar surface area (TPSA) is 34.2 Å². The fraction of sp³-hybridized carbons (Fsp3) is 0.444. The van der Waals surface area contributed by atoms with Crippen molar-refractivity contribution in [2.24, 2.45) is 0 Å². The van der Waals surface area contributed by atoms with Crippen molar-refractivity contribution >= 4 is 5.69 Å². The molecule has 1 N–H and O–H groups in total. The first-order valence-electron chi connectivity index (χ1n) is 4.19. The summed E-state index contributed by atoms with van der Waals surface area (Å²) in [5.74, 6) is 0.734. The third kappa shape index (κ3) is 1.35. The number of aryl methyl sites for hydroxylation is 1. The molecule has 0 aliphatic carbocycles. The lowest BCUT2D eigenvalue weighted by Crippen LogP contribution is -2.00. The molecule has 0 spiro atoms. The van der Waals surface area contributed by atoms with Crippen molar-refractivity contribution in [2.45, 2.75) is 13.3 Å². The van der Waals surface area contributed by atoms with Gasteiger partial charge in [-0.2, -0.15) is 0 Å². The maximum absolute atomic E-state index is 5.43. The average Bonchev–Trinajstić information content (AvgIpc) is 2.28. The SMILES string of the molecule is Cc1cnc2c(c1)NCCCO2. The van der Waals surface area contributed by atoms with E-state index in [0.717, 1.165) is 36.7 Å². The van der Waals surface area contributed by atoms with Crippen molar-refractivity contribution in [3.63, 3.8) is 0 Å². The number of nitrogens with zero attached hydrogens (tertiary/aromatic N) is 1. The van der Waals surface area contributed by atoms with E-state index in [9.17, 15) is 0 Å². The van der Waals surface area contributed by atoms with Crippen LogP contribution in [0.15, 0.2) is 12.3 Å². The maximum atomic E-state index is 5.43. The number of fused-ring (bicyclic) bond motifs is 1. The minimum Gasteiger partial charge on any atom is -0.476 e. The highest BCUT2D eigenvalue weighted by Gasteiger charge is 2.08. The first-order valence-corrected chi connectivity index (χ1v) is 4.19. The number of ether oxygens (including phenoxy) is 1. The molecule has 0 bridgehead atoms. The molecule has 0 radical (unpaired) electrons. The smallest absolute Gasteiger partial charge is 0.237 e. The Kier molecular flexibility index (Phi) is 1.86. The van der Waals surface area contributed by atoms with Crippen LogP contribution >= 0.6 is 0 Å². The van der Waals surface area contributed by atoms with Gasteiger partial charge >= 0.3 is 0 Å². The van der Waals surface area contributed by atoms with Gasteiger partial charge in [0.2, 0.25) is 5.88 Å². The van der Waals surface area contributed by atoms with Gasteiger partial charge in [0.15, 0.2) is 0 Å². The molecule has 12 heavy (non-hydrogen) atoms. The highest BCUT2D eigenvalue weighted by molar-refractivity contribution is 5.54. The van der Waals surface area contributed by atoms with Crippen LogP contribution in [0.1, 0.15) is 12.0 Å². The van der Waals surface area contributed by atoms with E-state index in [4.69, 9.17) is 4.74 Å². The molecule has 2 heterocycles. The Hall–Kier alpha value is -1.25. The summed E-state index contributed by atoms with van der Waals surface area (Å²) in [6.45, 7) is 3.76. The lowest BCUT2D eigenvalue weighted by atomic mass is 10.3. The van der Waals surface area contributed by atoms with Gasteiger partial charge < -0.3 is 10.1 Å². The van der Waals surface area contributed by atoms with Gasteiger partial charge in [-0.05, 0) is 25.0 Å². The van der Waals surface area contributed by atoms with Crippen LogP contribution in [0, 0.1) is 6.92 Å². The Bertz CT molecular complexity index is 286. The summed E-state index contributed by atoms with van der Waals surface area (Å²) in [5.41, 5.74) is 2.18. The highest BCUT2D eigenvalue weighted by atomic mass is 16.5. The van der Waals surface area contributed by atoms with E-state index in [-0.39, 0.29) is 0 Å². The molecule has 0 unspecified atom stereocenters. The molecule has 2 rings (SSSR count).